The molecule has 1 aromatic carbocycles. The lowest BCUT2D eigenvalue weighted by molar-refractivity contribution is 0.176. The second-order valence-corrected chi connectivity index (χ2v) is 4.63. The predicted molar refractivity (Wildman–Crippen MR) is 73.0 cm³/mol. The number of ether oxygens (including phenoxy) is 2. The van der Waals surface area contributed by atoms with Crippen molar-refractivity contribution in [1.29, 1.82) is 0 Å². The van der Waals surface area contributed by atoms with Crippen LogP contribution >= 0.6 is 0 Å². The van der Waals surface area contributed by atoms with Crippen LogP contribution in [-0.4, -0.2) is 26.4 Å². The van der Waals surface area contributed by atoms with Crippen molar-refractivity contribution in [1.82, 2.24) is 5.32 Å². The van der Waals surface area contributed by atoms with E-state index in [2.05, 4.69) is 30.4 Å². The van der Waals surface area contributed by atoms with Crippen LogP contribution in [0.5, 0.6) is 5.75 Å². The smallest absolute Gasteiger partial charge is 0.124 e. The Morgan fingerprint density at radius 3 is 2.89 bits per heavy atom. The summed E-state index contributed by atoms with van der Waals surface area (Å²) >= 11 is 0. The predicted octanol–water partition coefficient (Wildman–Crippen LogP) is 2.77. The van der Waals surface area contributed by atoms with Crippen LogP contribution in [-0.2, 0) is 4.74 Å². The minimum absolute atomic E-state index is 0.334. The summed E-state index contributed by atoms with van der Waals surface area (Å²) in [6.07, 6.45) is 1.12. The fourth-order valence-corrected chi connectivity index (χ4v) is 2.59. The first-order valence-corrected chi connectivity index (χ1v) is 6.89. The molecule has 1 aliphatic rings. The summed E-state index contributed by atoms with van der Waals surface area (Å²) < 4.78 is 11.3. The van der Waals surface area contributed by atoms with E-state index in [0.717, 1.165) is 31.9 Å². The van der Waals surface area contributed by atoms with Crippen molar-refractivity contribution in [3.05, 3.63) is 29.8 Å². The molecule has 2 atom stereocenters. The molecule has 2 rings (SSSR count). The molecule has 0 spiro atoms. The normalized spacial score (nSPS) is 20.9. The monoisotopic (exact) mass is 249 g/mol. The van der Waals surface area contributed by atoms with E-state index in [4.69, 9.17) is 9.47 Å². The minimum Gasteiger partial charge on any atom is -0.494 e. The van der Waals surface area contributed by atoms with Gasteiger partial charge in [0.1, 0.15) is 5.75 Å². The third-order valence-corrected chi connectivity index (χ3v) is 3.41. The van der Waals surface area contributed by atoms with Crippen LogP contribution in [0.25, 0.3) is 0 Å². The number of hydrogen-bond acceptors (Lipinski definition) is 3. The van der Waals surface area contributed by atoms with Gasteiger partial charge in [-0.15, -0.1) is 0 Å². The molecule has 1 fully saturated rings. The molecular formula is C15H23NO2. The molecule has 0 amide bonds. The first kappa shape index (κ1) is 13.4. The van der Waals surface area contributed by atoms with E-state index in [1.165, 1.54) is 5.56 Å². The van der Waals surface area contributed by atoms with E-state index in [1.807, 2.05) is 13.0 Å². The van der Waals surface area contributed by atoms with Crippen LogP contribution in [0.1, 0.15) is 31.9 Å². The molecule has 0 aliphatic carbocycles. The van der Waals surface area contributed by atoms with E-state index >= 15 is 0 Å². The van der Waals surface area contributed by atoms with Gasteiger partial charge >= 0.3 is 0 Å². The van der Waals surface area contributed by atoms with Gasteiger partial charge in [-0.2, -0.15) is 0 Å². The van der Waals surface area contributed by atoms with Gasteiger partial charge in [-0.1, -0.05) is 25.1 Å². The molecular weight excluding hydrogens is 226 g/mol. The Bertz CT molecular complexity index is 361. The van der Waals surface area contributed by atoms with E-state index in [1.54, 1.807) is 0 Å². The van der Waals surface area contributed by atoms with Gasteiger partial charge in [-0.05, 0) is 26.0 Å². The van der Waals surface area contributed by atoms with Crippen LogP contribution < -0.4 is 10.1 Å². The van der Waals surface area contributed by atoms with E-state index < -0.39 is 0 Å². The number of benzene rings is 1. The van der Waals surface area contributed by atoms with E-state index in [9.17, 15) is 0 Å². The summed E-state index contributed by atoms with van der Waals surface area (Å²) in [7, 11) is 0. The van der Waals surface area contributed by atoms with Gasteiger partial charge in [0.15, 0.2) is 0 Å². The number of rotatable bonds is 6. The van der Waals surface area contributed by atoms with Gasteiger partial charge in [0.2, 0.25) is 0 Å². The van der Waals surface area contributed by atoms with Gasteiger partial charge in [0, 0.05) is 24.1 Å². The third kappa shape index (κ3) is 3.03. The van der Waals surface area contributed by atoms with Crippen molar-refractivity contribution >= 4 is 0 Å². The Balaban J connectivity index is 2.23. The molecule has 1 N–H and O–H groups in total. The van der Waals surface area contributed by atoms with E-state index in [-0.39, 0.29) is 0 Å². The molecule has 1 aliphatic heterocycles. The molecule has 1 aromatic rings. The Labute approximate surface area is 109 Å². The van der Waals surface area contributed by atoms with Crippen molar-refractivity contribution < 1.29 is 9.47 Å². The second-order valence-electron chi connectivity index (χ2n) is 4.63. The van der Waals surface area contributed by atoms with Crippen molar-refractivity contribution in [2.75, 3.05) is 26.4 Å². The molecule has 2 unspecified atom stereocenters. The number of nitrogens with one attached hydrogen (secondary N) is 1. The van der Waals surface area contributed by atoms with Gasteiger partial charge in [0.05, 0.1) is 13.2 Å². The summed E-state index contributed by atoms with van der Waals surface area (Å²) in [5, 5.41) is 3.58. The standard InChI is InChI=1S/C15H23NO2/c1-3-16-15(12-9-10-17-11-12)13-7-5-6-8-14(13)18-4-2/h5-8,12,15-16H,3-4,9-11H2,1-2H3. The number of para-hydroxylation sites is 1. The lowest BCUT2D eigenvalue weighted by atomic mass is 9.91. The highest BCUT2D eigenvalue weighted by atomic mass is 16.5. The lowest BCUT2D eigenvalue weighted by Crippen LogP contribution is -2.29. The van der Waals surface area contributed by atoms with Crippen molar-refractivity contribution in [3.8, 4) is 5.75 Å². The fraction of sp³-hybridized carbons (Fsp3) is 0.600. The van der Waals surface area contributed by atoms with Crippen LogP contribution in [0.15, 0.2) is 24.3 Å². The molecule has 0 aromatic heterocycles. The van der Waals surface area contributed by atoms with E-state index in [0.29, 0.717) is 18.6 Å². The van der Waals surface area contributed by atoms with Crippen molar-refractivity contribution in [3.63, 3.8) is 0 Å². The maximum Gasteiger partial charge on any atom is 0.124 e. The quantitative estimate of drug-likeness (QED) is 0.841. The van der Waals surface area contributed by atoms with Gasteiger partial charge in [-0.3, -0.25) is 0 Å². The second kappa shape index (κ2) is 6.76. The molecule has 18 heavy (non-hydrogen) atoms. The van der Waals surface area contributed by atoms with Gasteiger partial charge in [-0.25, -0.2) is 0 Å². The van der Waals surface area contributed by atoms with Gasteiger partial charge in [0.25, 0.3) is 0 Å². The Hall–Kier alpha value is -1.06. The third-order valence-electron chi connectivity index (χ3n) is 3.41. The zero-order valence-electron chi connectivity index (χ0n) is 11.3. The van der Waals surface area contributed by atoms with Crippen molar-refractivity contribution in [2.45, 2.75) is 26.3 Å². The largest absolute Gasteiger partial charge is 0.494 e. The van der Waals surface area contributed by atoms with Crippen LogP contribution in [0.2, 0.25) is 0 Å². The lowest BCUT2D eigenvalue weighted by Gasteiger charge is -2.25. The summed E-state index contributed by atoms with van der Waals surface area (Å²) in [4.78, 5) is 0. The average molecular weight is 249 g/mol. The Kier molecular flexibility index (Phi) is 5.02. The first-order chi connectivity index (χ1) is 8.86. The van der Waals surface area contributed by atoms with Gasteiger partial charge < -0.3 is 14.8 Å². The van der Waals surface area contributed by atoms with Crippen LogP contribution in [0.3, 0.4) is 0 Å². The molecule has 0 bridgehead atoms. The number of hydrogen-bond donors (Lipinski definition) is 1. The molecule has 0 saturated carbocycles. The molecule has 1 saturated heterocycles. The summed E-state index contributed by atoms with van der Waals surface area (Å²) in [5.41, 5.74) is 1.26. The zero-order valence-corrected chi connectivity index (χ0v) is 11.3. The van der Waals surface area contributed by atoms with Crippen LogP contribution in [0.4, 0.5) is 0 Å². The Morgan fingerprint density at radius 2 is 2.22 bits per heavy atom. The highest BCUT2D eigenvalue weighted by Gasteiger charge is 2.28. The Morgan fingerprint density at radius 1 is 1.39 bits per heavy atom. The SMILES string of the molecule is CCNC(c1ccccc1OCC)C1CCOC1. The average Bonchev–Trinajstić information content (AvgIpc) is 2.91. The van der Waals surface area contributed by atoms with Crippen LogP contribution in [0, 0.1) is 5.92 Å². The molecule has 100 valence electrons. The fourth-order valence-electron chi connectivity index (χ4n) is 2.59. The highest BCUT2D eigenvalue weighted by molar-refractivity contribution is 5.36. The first-order valence-electron chi connectivity index (χ1n) is 6.89. The summed E-state index contributed by atoms with van der Waals surface area (Å²) in [6, 6.07) is 8.66. The molecule has 3 nitrogen and oxygen atoms in total. The minimum atomic E-state index is 0.334. The zero-order chi connectivity index (χ0) is 12.8. The topological polar surface area (TPSA) is 30.5 Å². The van der Waals surface area contributed by atoms with Crippen molar-refractivity contribution in [2.24, 2.45) is 5.92 Å². The molecule has 0 radical (unpaired) electrons. The molecule has 1 heterocycles. The summed E-state index contributed by atoms with van der Waals surface area (Å²) in [6.45, 7) is 7.56. The summed E-state index contributed by atoms with van der Waals surface area (Å²) in [5.74, 6) is 1.55. The highest BCUT2D eigenvalue weighted by Crippen LogP contribution is 2.34. The molecule has 3 heteroatoms. The maximum atomic E-state index is 5.74. The maximum absolute atomic E-state index is 5.74.